The molecule has 0 unspecified atom stereocenters. The summed E-state index contributed by atoms with van der Waals surface area (Å²) in [7, 11) is 0. The first-order chi connectivity index (χ1) is 6.22. The second-order valence-electron chi connectivity index (χ2n) is 2.19. The minimum atomic E-state index is -2.82. The van der Waals surface area contributed by atoms with Gasteiger partial charge in [-0.1, -0.05) is 5.16 Å². The van der Waals surface area contributed by atoms with Crippen molar-refractivity contribution in [1.82, 2.24) is 0 Å². The number of halogens is 2. The fourth-order valence-electron chi connectivity index (χ4n) is 0.802. The zero-order valence-electron chi connectivity index (χ0n) is 6.52. The Labute approximate surface area is 73.2 Å². The van der Waals surface area contributed by atoms with E-state index in [0.717, 1.165) is 0 Å². The average molecular weight is 187 g/mol. The third-order valence-electron chi connectivity index (χ3n) is 1.31. The summed E-state index contributed by atoms with van der Waals surface area (Å²) in [5.74, 6) is 0.0742. The molecule has 0 bridgehead atoms. The third-order valence-corrected chi connectivity index (χ3v) is 1.31. The van der Waals surface area contributed by atoms with Gasteiger partial charge in [0.25, 0.3) is 0 Å². The van der Waals surface area contributed by atoms with Crippen LogP contribution < -0.4 is 4.74 Å². The van der Waals surface area contributed by atoms with Crippen LogP contribution in [-0.4, -0.2) is 18.0 Å². The number of rotatable bonds is 3. The third kappa shape index (κ3) is 3.06. The molecule has 0 fully saturated rings. The Morgan fingerprint density at radius 2 is 1.92 bits per heavy atom. The predicted octanol–water partition coefficient (Wildman–Crippen LogP) is 2.10. The Morgan fingerprint density at radius 3 is 2.38 bits per heavy atom. The molecular formula is C8H7F2NO2. The molecule has 1 N–H and O–H groups in total. The molecule has 70 valence electrons. The first-order valence-electron chi connectivity index (χ1n) is 3.44. The number of hydrogen-bond donors (Lipinski definition) is 1. The fraction of sp³-hybridized carbons (Fsp3) is 0.125. The Morgan fingerprint density at radius 1 is 1.31 bits per heavy atom. The van der Waals surface area contributed by atoms with Crippen LogP contribution in [0, 0.1) is 0 Å². The zero-order valence-corrected chi connectivity index (χ0v) is 6.52. The molecule has 0 radical (unpaired) electrons. The topological polar surface area (TPSA) is 41.8 Å². The van der Waals surface area contributed by atoms with Crippen LogP contribution in [0.15, 0.2) is 29.4 Å². The summed E-state index contributed by atoms with van der Waals surface area (Å²) in [4.78, 5) is 0. The summed E-state index contributed by atoms with van der Waals surface area (Å²) in [6.07, 6.45) is 1.19. The van der Waals surface area contributed by atoms with Crippen LogP contribution in [0.3, 0.4) is 0 Å². The molecule has 0 saturated carbocycles. The van der Waals surface area contributed by atoms with Crippen molar-refractivity contribution in [2.24, 2.45) is 5.16 Å². The lowest BCUT2D eigenvalue weighted by Gasteiger charge is -2.03. The molecule has 0 heterocycles. The van der Waals surface area contributed by atoms with Gasteiger partial charge in [0.15, 0.2) is 0 Å². The molecule has 0 aliphatic heterocycles. The van der Waals surface area contributed by atoms with Gasteiger partial charge in [-0.2, -0.15) is 8.78 Å². The van der Waals surface area contributed by atoms with E-state index in [4.69, 9.17) is 5.21 Å². The molecule has 5 heteroatoms. The van der Waals surface area contributed by atoms with E-state index in [0.29, 0.717) is 5.56 Å². The lowest BCUT2D eigenvalue weighted by atomic mass is 10.2. The highest BCUT2D eigenvalue weighted by atomic mass is 19.3. The molecule has 0 saturated heterocycles. The van der Waals surface area contributed by atoms with Crippen LogP contribution >= 0.6 is 0 Å². The molecule has 13 heavy (non-hydrogen) atoms. The van der Waals surface area contributed by atoms with Gasteiger partial charge in [0.2, 0.25) is 0 Å². The van der Waals surface area contributed by atoms with Gasteiger partial charge in [0, 0.05) is 0 Å². The number of ether oxygens (including phenoxy) is 1. The first kappa shape index (κ1) is 9.44. The predicted molar refractivity (Wildman–Crippen MR) is 42.5 cm³/mol. The van der Waals surface area contributed by atoms with E-state index in [1.165, 1.54) is 30.5 Å². The molecule has 1 rings (SSSR count). The van der Waals surface area contributed by atoms with Gasteiger partial charge in [-0.25, -0.2) is 0 Å². The maximum Gasteiger partial charge on any atom is 0.387 e. The summed E-state index contributed by atoms with van der Waals surface area (Å²) in [5.41, 5.74) is 0.601. The number of benzene rings is 1. The van der Waals surface area contributed by atoms with E-state index in [9.17, 15) is 8.78 Å². The van der Waals surface area contributed by atoms with Gasteiger partial charge >= 0.3 is 6.61 Å². The van der Waals surface area contributed by atoms with Crippen molar-refractivity contribution in [3.63, 3.8) is 0 Å². The minimum Gasteiger partial charge on any atom is -0.435 e. The molecule has 1 aromatic rings. The molecule has 3 nitrogen and oxygen atoms in total. The van der Waals surface area contributed by atoms with Crippen molar-refractivity contribution in [2.75, 3.05) is 0 Å². The molecule has 0 aromatic heterocycles. The van der Waals surface area contributed by atoms with E-state index < -0.39 is 6.61 Å². The largest absolute Gasteiger partial charge is 0.435 e. The zero-order chi connectivity index (χ0) is 9.68. The average Bonchev–Trinajstić information content (AvgIpc) is 2.08. The minimum absolute atomic E-state index is 0.0742. The van der Waals surface area contributed by atoms with Gasteiger partial charge in [0.1, 0.15) is 5.75 Å². The number of nitrogens with zero attached hydrogens (tertiary/aromatic N) is 1. The molecule has 0 aliphatic rings. The smallest absolute Gasteiger partial charge is 0.387 e. The van der Waals surface area contributed by atoms with Crippen LogP contribution in [0.2, 0.25) is 0 Å². The van der Waals surface area contributed by atoms with Gasteiger partial charge in [-0.05, 0) is 29.8 Å². The molecule has 0 aliphatic carbocycles. The molecule has 0 amide bonds. The van der Waals surface area contributed by atoms with Crippen molar-refractivity contribution < 1.29 is 18.7 Å². The summed E-state index contributed by atoms with van der Waals surface area (Å²) >= 11 is 0. The second kappa shape index (κ2) is 4.39. The lowest BCUT2D eigenvalue weighted by molar-refractivity contribution is -0.0498. The summed E-state index contributed by atoms with van der Waals surface area (Å²) in [6.45, 7) is -2.82. The Bertz CT molecular complexity index is 285. The van der Waals surface area contributed by atoms with E-state index in [2.05, 4.69) is 9.89 Å². The van der Waals surface area contributed by atoms with Crippen molar-refractivity contribution in [3.8, 4) is 5.75 Å². The SMILES string of the molecule is O/N=C\c1ccc(OC(F)F)cc1. The Balaban J connectivity index is 2.69. The van der Waals surface area contributed by atoms with Crippen molar-refractivity contribution >= 4 is 6.21 Å². The Hall–Kier alpha value is -1.65. The Kier molecular flexibility index (Phi) is 3.19. The molecular weight excluding hydrogens is 180 g/mol. The maximum atomic E-state index is 11.7. The van der Waals surface area contributed by atoms with E-state index in [1.54, 1.807) is 0 Å². The van der Waals surface area contributed by atoms with Gasteiger partial charge in [-0.3, -0.25) is 0 Å². The van der Waals surface area contributed by atoms with Crippen LogP contribution in [0.25, 0.3) is 0 Å². The second-order valence-corrected chi connectivity index (χ2v) is 2.19. The quantitative estimate of drug-likeness (QED) is 0.447. The van der Waals surface area contributed by atoms with Crippen LogP contribution in [0.4, 0.5) is 8.78 Å². The number of hydrogen-bond acceptors (Lipinski definition) is 3. The van der Waals surface area contributed by atoms with Crippen LogP contribution in [0.1, 0.15) is 5.56 Å². The van der Waals surface area contributed by atoms with E-state index >= 15 is 0 Å². The van der Waals surface area contributed by atoms with E-state index in [-0.39, 0.29) is 5.75 Å². The van der Waals surface area contributed by atoms with Gasteiger partial charge in [0.05, 0.1) is 6.21 Å². The summed E-state index contributed by atoms with van der Waals surface area (Å²) in [5, 5.41) is 10.9. The van der Waals surface area contributed by atoms with Crippen molar-refractivity contribution in [3.05, 3.63) is 29.8 Å². The standard InChI is InChI=1S/C8H7F2NO2/c9-8(10)13-7-3-1-6(2-4-7)5-11-12/h1-5,8,12H/b11-5-. The fourth-order valence-corrected chi connectivity index (χ4v) is 0.802. The first-order valence-corrected chi connectivity index (χ1v) is 3.44. The molecule has 0 spiro atoms. The van der Waals surface area contributed by atoms with Gasteiger partial charge in [-0.15, -0.1) is 0 Å². The highest BCUT2D eigenvalue weighted by Gasteiger charge is 2.02. The summed E-state index contributed by atoms with van der Waals surface area (Å²) < 4.78 is 27.5. The number of oxime groups is 1. The van der Waals surface area contributed by atoms with Crippen molar-refractivity contribution in [2.45, 2.75) is 6.61 Å². The normalized spacial score (nSPS) is 11.0. The number of alkyl halides is 2. The highest BCUT2D eigenvalue weighted by molar-refractivity contribution is 5.79. The van der Waals surface area contributed by atoms with Gasteiger partial charge < -0.3 is 9.94 Å². The monoisotopic (exact) mass is 187 g/mol. The van der Waals surface area contributed by atoms with Crippen LogP contribution in [0.5, 0.6) is 5.75 Å². The summed E-state index contributed by atoms with van der Waals surface area (Å²) in [6, 6.07) is 5.72. The highest BCUT2D eigenvalue weighted by Crippen LogP contribution is 2.13. The van der Waals surface area contributed by atoms with Crippen molar-refractivity contribution in [1.29, 1.82) is 0 Å². The maximum absolute atomic E-state index is 11.7. The molecule has 0 atom stereocenters. The lowest BCUT2D eigenvalue weighted by Crippen LogP contribution is -2.01. The molecule has 1 aromatic carbocycles. The van der Waals surface area contributed by atoms with Crippen LogP contribution in [-0.2, 0) is 0 Å². The van der Waals surface area contributed by atoms with E-state index in [1.807, 2.05) is 0 Å².